The van der Waals surface area contributed by atoms with Crippen LogP contribution in [-0.4, -0.2) is 26.2 Å². The molecule has 1 aromatic carbocycles. The van der Waals surface area contributed by atoms with E-state index in [1.807, 2.05) is 25.1 Å². The maximum Gasteiger partial charge on any atom is 0.170 e. The van der Waals surface area contributed by atoms with Crippen molar-refractivity contribution in [3.63, 3.8) is 0 Å². The first-order chi connectivity index (χ1) is 8.75. The average Bonchev–Trinajstić information content (AvgIpc) is 3.06. The molecule has 1 fully saturated rings. The number of tetrazole rings is 1. The summed E-state index contributed by atoms with van der Waals surface area (Å²) in [5.41, 5.74) is 1.92. The van der Waals surface area contributed by atoms with Gasteiger partial charge >= 0.3 is 0 Å². The lowest BCUT2D eigenvalue weighted by molar-refractivity contribution is 0.637. The van der Waals surface area contributed by atoms with Crippen LogP contribution in [0.1, 0.15) is 24.2 Å². The molecule has 1 saturated carbocycles. The van der Waals surface area contributed by atoms with Gasteiger partial charge in [-0.05, 0) is 41.8 Å². The summed E-state index contributed by atoms with van der Waals surface area (Å²) in [6, 6.07) is 6.40. The molecule has 0 spiro atoms. The minimum Gasteiger partial charge on any atom is -0.307 e. The number of benzene rings is 1. The van der Waals surface area contributed by atoms with Gasteiger partial charge < -0.3 is 5.32 Å². The van der Waals surface area contributed by atoms with E-state index in [1.165, 1.54) is 12.8 Å². The Morgan fingerprint density at radius 2 is 2.28 bits per heavy atom. The molecule has 0 saturated heterocycles. The van der Waals surface area contributed by atoms with Crippen LogP contribution >= 0.6 is 11.6 Å². The Balaban J connectivity index is 1.93. The minimum atomic E-state index is 0.627. The van der Waals surface area contributed by atoms with Crippen molar-refractivity contribution in [3.8, 4) is 5.69 Å². The second-order valence-electron chi connectivity index (χ2n) is 4.57. The summed E-state index contributed by atoms with van der Waals surface area (Å²) in [6.07, 6.45) is 2.49. The fourth-order valence-corrected chi connectivity index (χ4v) is 2.21. The van der Waals surface area contributed by atoms with Crippen LogP contribution in [0.25, 0.3) is 5.69 Å². The van der Waals surface area contributed by atoms with Crippen LogP contribution in [0.15, 0.2) is 18.2 Å². The first-order valence-corrected chi connectivity index (χ1v) is 6.39. The molecule has 94 valence electrons. The smallest absolute Gasteiger partial charge is 0.170 e. The highest BCUT2D eigenvalue weighted by atomic mass is 35.5. The Labute approximate surface area is 110 Å². The number of hydrogen-bond donors (Lipinski definition) is 1. The van der Waals surface area contributed by atoms with Crippen LogP contribution in [0, 0.1) is 6.92 Å². The number of para-hydroxylation sites is 1. The highest BCUT2D eigenvalue weighted by Crippen LogP contribution is 2.24. The van der Waals surface area contributed by atoms with Gasteiger partial charge in [-0.3, -0.25) is 0 Å². The molecule has 1 heterocycles. The Morgan fingerprint density at radius 1 is 1.44 bits per heavy atom. The van der Waals surface area contributed by atoms with E-state index in [-0.39, 0.29) is 0 Å². The van der Waals surface area contributed by atoms with Gasteiger partial charge in [0.25, 0.3) is 0 Å². The summed E-state index contributed by atoms with van der Waals surface area (Å²) >= 11 is 6.23. The number of nitrogens with zero attached hydrogens (tertiary/aromatic N) is 4. The molecule has 1 aromatic heterocycles. The van der Waals surface area contributed by atoms with Crippen molar-refractivity contribution < 1.29 is 0 Å². The molecule has 18 heavy (non-hydrogen) atoms. The highest BCUT2D eigenvalue weighted by molar-refractivity contribution is 6.32. The topological polar surface area (TPSA) is 55.6 Å². The lowest BCUT2D eigenvalue weighted by Crippen LogP contribution is -2.19. The van der Waals surface area contributed by atoms with E-state index in [2.05, 4.69) is 20.8 Å². The molecule has 1 aliphatic rings. The Kier molecular flexibility index (Phi) is 3.01. The van der Waals surface area contributed by atoms with Crippen LogP contribution in [0.3, 0.4) is 0 Å². The van der Waals surface area contributed by atoms with Gasteiger partial charge in [0.1, 0.15) is 0 Å². The van der Waals surface area contributed by atoms with Crippen LogP contribution in [0.4, 0.5) is 0 Å². The van der Waals surface area contributed by atoms with E-state index < -0.39 is 0 Å². The van der Waals surface area contributed by atoms with Gasteiger partial charge in [0.05, 0.1) is 17.3 Å². The molecular formula is C12H14ClN5. The Hall–Kier alpha value is -1.46. The van der Waals surface area contributed by atoms with E-state index in [4.69, 9.17) is 11.6 Å². The monoisotopic (exact) mass is 263 g/mol. The van der Waals surface area contributed by atoms with Gasteiger partial charge in [-0.1, -0.05) is 23.7 Å². The predicted molar refractivity (Wildman–Crippen MR) is 68.8 cm³/mol. The molecule has 0 bridgehead atoms. The van der Waals surface area contributed by atoms with E-state index in [0.29, 0.717) is 17.6 Å². The van der Waals surface area contributed by atoms with Gasteiger partial charge in [-0.25, -0.2) is 0 Å². The predicted octanol–water partition coefficient (Wildman–Crippen LogP) is 1.88. The maximum absolute atomic E-state index is 6.23. The minimum absolute atomic E-state index is 0.627. The molecule has 0 radical (unpaired) electrons. The molecule has 1 aliphatic carbocycles. The molecule has 6 heteroatoms. The van der Waals surface area contributed by atoms with Gasteiger partial charge in [0.2, 0.25) is 0 Å². The third-order valence-electron chi connectivity index (χ3n) is 3.06. The maximum atomic E-state index is 6.23. The number of hydrogen-bond acceptors (Lipinski definition) is 4. The fourth-order valence-electron chi connectivity index (χ4n) is 1.90. The Morgan fingerprint density at radius 3 is 3.00 bits per heavy atom. The highest BCUT2D eigenvalue weighted by Gasteiger charge is 2.22. The van der Waals surface area contributed by atoms with Crippen LogP contribution in [0.2, 0.25) is 5.02 Å². The van der Waals surface area contributed by atoms with Gasteiger partial charge in [0.15, 0.2) is 5.82 Å². The van der Waals surface area contributed by atoms with Crippen molar-refractivity contribution in [3.05, 3.63) is 34.6 Å². The third-order valence-corrected chi connectivity index (χ3v) is 3.37. The summed E-state index contributed by atoms with van der Waals surface area (Å²) in [5, 5.41) is 15.9. The molecule has 0 amide bonds. The molecule has 1 N–H and O–H groups in total. The van der Waals surface area contributed by atoms with E-state index in [9.17, 15) is 0 Å². The molecule has 5 nitrogen and oxygen atoms in total. The normalized spacial score (nSPS) is 15.0. The number of aryl methyl sites for hydroxylation is 1. The van der Waals surface area contributed by atoms with Crippen molar-refractivity contribution >= 4 is 11.6 Å². The molecular weight excluding hydrogens is 250 g/mol. The zero-order valence-electron chi connectivity index (χ0n) is 10.1. The van der Waals surface area contributed by atoms with E-state index >= 15 is 0 Å². The standard InChI is InChI=1S/C12H14ClN5/c1-8-3-2-4-10(13)12(8)18-11(15-16-17-18)7-14-9-5-6-9/h2-4,9,14H,5-7H2,1H3. The summed E-state index contributed by atoms with van der Waals surface area (Å²) in [6.45, 7) is 2.67. The van der Waals surface area contributed by atoms with Crippen molar-refractivity contribution in [2.24, 2.45) is 0 Å². The number of halogens is 1. The summed E-state index contributed by atoms with van der Waals surface area (Å²) in [5.74, 6) is 0.790. The largest absolute Gasteiger partial charge is 0.307 e. The second-order valence-corrected chi connectivity index (χ2v) is 4.97. The van der Waals surface area contributed by atoms with Crippen molar-refractivity contribution in [2.75, 3.05) is 0 Å². The number of aromatic nitrogens is 4. The van der Waals surface area contributed by atoms with Crippen LogP contribution in [-0.2, 0) is 6.54 Å². The first kappa shape index (κ1) is 11.6. The van der Waals surface area contributed by atoms with Crippen molar-refractivity contribution in [2.45, 2.75) is 32.4 Å². The summed E-state index contributed by atoms with van der Waals surface area (Å²) in [7, 11) is 0. The van der Waals surface area contributed by atoms with Crippen LogP contribution < -0.4 is 5.32 Å². The zero-order valence-corrected chi connectivity index (χ0v) is 10.9. The molecule has 0 atom stereocenters. The number of nitrogens with one attached hydrogen (secondary N) is 1. The third kappa shape index (κ3) is 2.23. The van der Waals surface area contributed by atoms with Gasteiger partial charge in [0, 0.05) is 6.04 Å². The Bertz CT molecular complexity index is 541. The van der Waals surface area contributed by atoms with Gasteiger partial charge in [-0.15, -0.1) is 5.10 Å². The van der Waals surface area contributed by atoms with Gasteiger partial charge in [-0.2, -0.15) is 4.68 Å². The van der Waals surface area contributed by atoms with Crippen molar-refractivity contribution in [1.29, 1.82) is 0 Å². The van der Waals surface area contributed by atoms with E-state index in [1.54, 1.807) is 4.68 Å². The molecule has 0 unspecified atom stereocenters. The van der Waals surface area contributed by atoms with E-state index in [0.717, 1.165) is 17.1 Å². The second kappa shape index (κ2) is 4.66. The molecule has 3 rings (SSSR count). The molecule has 2 aromatic rings. The lowest BCUT2D eigenvalue weighted by Gasteiger charge is -2.09. The summed E-state index contributed by atoms with van der Waals surface area (Å²) < 4.78 is 1.72. The SMILES string of the molecule is Cc1cccc(Cl)c1-n1nnnc1CNC1CC1. The average molecular weight is 264 g/mol. The summed E-state index contributed by atoms with van der Waals surface area (Å²) in [4.78, 5) is 0. The zero-order chi connectivity index (χ0) is 12.5. The lowest BCUT2D eigenvalue weighted by atomic mass is 10.2. The fraction of sp³-hybridized carbons (Fsp3) is 0.417. The number of rotatable bonds is 4. The van der Waals surface area contributed by atoms with Crippen LogP contribution in [0.5, 0.6) is 0 Å². The van der Waals surface area contributed by atoms with Crippen molar-refractivity contribution in [1.82, 2.24) is 25.5 Å². The quantitative estimate of drug-likeness (QED) is 0.915. The first-order valence-electron chi connectivity index (χ1n) is 6.02. The molecule has 0 aliphatic heterocycles.